The molecule has 1 aliphatic carbocycles. The Kier molecular flexibility index (Phi) is 4.88. The van der Waals surface area contributed by atoms with Crippen LogP contribution in [-0.4, -0.2) is 50.1 Å². The molecule has 4 nitrogen and oxygen atoms in total. The summed E-state index contributed by atoms with van der Waals surface area (Å²) in [5.41, 5.74) is 2.59. The van der Waals surface area contributed by atoms with Crippen molar-refractivity contribution >= 4 is 5.91 Å². The third-order valence-corrected chi connectivity index (χ3v) is 4.62. The molecule has 2 N–H and O–H groups in total. The molecule has 3 rings (SSSR count). The van der Waals surface area contributed by atoms with E-state index >= 15 is 0 Å². The van der Waals surface area contributed by atoms with Crippen molar-refractivity contribution in [3.05, 3.63) is 35.4 Å². The highest BCUT2D eigenvalue weighted by Gasteiger charge is 2.25. The van der Waals surface area contributed by atoms with Crippen molar-refractivity contribution in [2.45, 2.75) is 25.2 Å². The molecule has 0 radical (unpaired) electrons. The Balaban J connectivity index is 1.51. The average Bonchev–Trinajstić information content (AvgIpc) is 2.55. The van der Waals surface area contributed by atoms with E-state index in [1.807, 2.05) is 6.07 Å². The lowest BCUT2D eigenvalue weighted by molar-refractivity contribution is -0.122. The van der Waals surface area contributed by atoms with Gasteiger partial charge in [-0.05, 0) is 30.4 Å². The minimum absolute atomic E-state index is 0.0537. The largest absolute Gasteiger partial charge is 0.354 e. The van der Waals surface area contributed by atoms with Gasteiger partial charge in [0.1, 0.15) is 0 Å². The van der Waals surface area contributed by atoms with Gasteiger partial charge in [0, 0.05) is 39.3 Å². The highest BCUT2D eigenvalue weighted by molar-refractivity contribution is 5.84. The molecular weight excluding hydrogens is 262 g/mol. The van der Waals surface area contributed by atoms with Crippen LogP contribution < -0.4 is 10.6 Å². The predicted octanol–water partition coefficient (Wildman–Crippen LogP) is 1.13. The van der Waals surface area contributed by atoms with E-state index in [0.29, 0.717) is 0 Å². The molecule has 0 spiro atoms. The number of fused-ring (bicyclic) bond motifs is 1. The van der Waals surface area contributed by atoms with Crippen molar-refractivity contribution in [2.24, 2.45) is 0 Å². The molecule has 114 valence electrons. The second-order valence-electron chi connectivity index (χ2n) is 6.03. The van der Waals surface area contributed by atoms with E-state index in [2.05, 4.69) is 33.7 Å². The maximum absolute atomic E-state index is 12.5. The first-order valence-corrected chi connectivity index (χ1v) is 8.13. The first kappa shape index (κ1) is 14.5. The number of piperazine rings is 1. The molecule has 1 aromatic rings. The van der Waals surface area contributed by atoms with Crippen LogP contribution in [0.15, 0.2) is 24.3 Å². The summed E-state index contributed by atoms with van der Waals surface area (Å²) in [6.45, 7) is 6.01. The molecule has 21 heavy (non-hydrogen) atoms. The van der Waals surface area contributed by atoms with Crippen LogP contribution in [0.2, 0.25) is 0 Å². The predicted molar refractivity (Wildman–Crippen MR) is 84.4 cm³/mol. The maximum atomic E-state index is 12.5. The van der Waals surface area contributed by atoms with Gasteiger partial charge in [0.25, 0.3) is 0 Å². The topological polar surface area (TPSA) is 44.4 Å². The summed E-state index contributed by atoms with van der Waals surface area (Å²) in [6.07, 6.45) is 3.21. The average molecular weight is 287 g/mol. The molecule has 1 unspecified atom stereocenters. The Bertz CT molecular complexity index is 483. The van der Waals surface area contributed by atoms with E-state index in [-0.39, 0.29) is 11.8 Å². The monoisotopic (exact) mass is 287 g/mol. The molecule has 1 atom stereocenters. The van der Waals surface area contributed by atoms with E-state index in [0.717, 1.165) is 58.5 Å². The Morgan fingerprint density at radius 3 is 2.95 bits per heavy atom. The van der Waals surface area contributed by atoms with Crippen LogP contribution in [0.1, 0.15) is 29.9 Å². The summed E-state index contributed by atoms with van der Waals surface area (Å²) in [5, 5.41) is 6.49. The first-order valence-electron chi connectivity index (χ1n) is 8.13. The zero-order valence-electron chi connectivity index (χ0n) is 12.6. The van der Waals surface area contributed by atoms with Crippen LogP contribution in [0, 0.1) is 0 Å². The lowest BCUT2D eigenvalue weighted by atomic mass is 9.82. The smallest absolute Gasteiger partial charge is 0.227 e. The number of aryl methyl sites for hydroxylation is 1. The molecule has 0 aromatic heterocycles. The van der Waals surface area contributed by atoms with Gasteiger partial charge in [0.15, 0.2) is 0 Å². The van der Waals surface area contributed by atoms with E-state index in [4.69, 9.17) is 0 Å². The van der Waals surface area contributed by atoms with Crippen LogP contribution in [0.25, 0.3) is 0 Å². The number of hydrogen-bond acceptors (Lipinski definition) is 3. The first-order chi connectivity index (χ1) is 10.3. The van der Waals surface area contributed by atoms with Gasteiger partial charge in [-0.15, -0.1) is 0 Å². The van der Waals surface area contributed by atoms with Crippen LogP contribution in [0.5, 0.6) is 0 Å². The van der Waals surface area contributed by atoms with Crippen LogP contribution in [-0.2, 0) is 11.2 Å². The van der Waals surface area contributed by atoms with Gasteiger partial charge >= 0.3 is 0 Å². The van der Waals surface area contributed by atoms with Crippen LogP contribution in [0.3, 0.4) is 0 Å². The second kappa shape index (κ2) is 7.05. The number of amides is 1. The number of benzene rings is 1. The van der Waals surface area contributed by atoms with Crippen LogP contribution >= 0.6 is 0 Å². The summed E-state index contributed by atoms with van der Waals surface area (Å²) in [4.78, 5) is 14.9. The van der Waals surface area contributed by atoms with Gasteiger partial charge in [0.2, 0.25) is 5.91 Å². The van der Waals surface area contributed by atoms with E-state index in [1.54, 1.807) is 0 Å². The lowest BCUT2D eigenvalue weighted by Gasteiger charge is -2.28. The lowest BCUT2D eigenvalue weighted by Crippen LogP contribution is -2.46. The molecule has 0 saturated carbocycles. The highest BCUT2D eigenvalue weighted by atomic mass is 16.1. The van der Waals surface area contributed by atoms with Crippen molar-refractivity contribution in [2.75, 3.05) is 39.3 Å². The van der Waals surface area contributed by atoms with Gasteiger partial charge in [-0.1, -0.05) is 24.3 Å². The summed E-state index contributed by atoms with van der Waals surface area (Å²) < 4.78 is 0. The fraction of sp³-hybridized carbons (Fsp3) is 0.588. The molecule has 1 aromatic carbocycles. The summed E-state index contributed by atoms with van der Waals surface area (Å²) in [5.74, 6) is 0.259. The van der Waals surface area contributed by atoms with E-state index < -0.39 is 0 Å². The number of hydrogen-bond donors (Lipinski definition) is 2. The molecule has 1 amide bonds. The Morgan fingerprint density at radius 2 is 2.10 bits per heavy atom. The minimum Gasteiger partial charge on any atom is -0.354 e. The van der Waals surface area contributed by atoms with Crippen molar-refractivity contribution in [3.63, 3.8) is 0 Å². The molecule has 4 heteroatoms. The van der Waals surface area contributed by atoms with Crippen molar-refractivity contribution in [1.29, 1.82) is 0 Å². The van der Waals surface area contributed by atoms with Gasteiger partial charge in [-0.2, -0.15) is 0 Å². The Labute approximate surface area is 126 Å². The number of nitrogens with zero attached hydrogens (tertiary/aromatic N) is 1. The third-order valence-electron chi connectivity index (χ3n) is 4.62. The number of nitrogens with one attached hydrogen (secondary N) is 2. The molecule has 1 aliphatic heterocycles. The van der Waals surface area contributed by atoms with E-state index in [1.165, 1.54) is 11.1 Å². The summed E-state index contributed by atoms with van der Waals surface area (Å²) >= 11 is 0. The maximum Gasteiger partial charge on any atom is 0.227 e. The second-order valence-corrected chi connectivity index (χ2v) is 6.03. The van der Waals surface area contributed by atoms with Crippen molar-refractivity contribution < 1.29 is 4.79 Å². The molecular formula is C17H25N3O. The zero-order valence-corrected chi connectivity index (χ0v) is 12.6. The van der Waals surface area contributed by atoms with Gasteiger partial charge in [-0.25, -0.2) is 0 Å². The van der Waals surface area contributed by atoms with Crippen molar-refractivity contribution in [1.82, 2.24) is 15.5 Å². The summed E-state index contributed by atoms with van der Waals surface area (Å²) in [6, 6.07) is 8.40. The molecule has 1 heterocycles. The fourth-order valence-electron chi connectivity index (χ4n) is 3.42. The van der Waals surface area contributed by atoms with Gasteiger partial charge < -0.3 is 10.6 Å². The highest BCUT2D eigenvalue weighted by Crippen LogP contribution is 2.31. The molecule has 2 aliphatic rings. The molecule has 0 bridgehead atoms. The van der Waals surface area contributed by atoms with Crippen LogP contribution in [0.4, 0.5) is 0 Å². The standard InChI is InChI=1S/C17H25N3O/c21-17(19-10-13-20-11-8-18-9-12-20)16-7-3-5-14-4-1-2-6-15(14)16/h1-2,4,6,16,18H,3,5,7-13H2,(H,19,21). The molecule has 1 fully saturated rings. The molecule has 1 saturated heterocycles. The number of carbonyl (C=O) groups excluding carboxylic acids is 1. The van der Waals surface area contributed by atoms with Gasteiger partial charge in [0.05, 0.1) is 5.92 Å². The summed E-state index contributed by atoms with van der Waals surface area (Å²) in [7, 11) is 0. The minimum atomic E-state index is 0.0537. The fourth-order valence-corrected chi connectivity index (χ4v) is 3.42. The number of rotatable bonds is 4. The Hall–Kier alpha value is -1.39. The van der Waals surface area contributed by atoms with Crippen molar-refractivity contribution in [3.8, 4) is 0 Å². The Morgan fingerprint density at radius 1 is 1.29 bits per heavy atom. The normalized spacial score (nSPS) is 22.6. The SMILES string of the molecule is O=C(NCCN1CCNCC1)C1CCCc2ccccc21. The third kappa shape index (κ3) is 3.63. The van der Waals surface area contributed by atoms with Gasteiger partial charge in [-0.3, -0.25) is 9.69 Å². The quantitative estimate of drug-likeness (QED) is 0.872. The number of carbonyl (C=O) groups is 1. The zero-order chi connectivity index (χ0) is 14.5. The van der Waals surface area contributed by atoms with E-state index in [9.17, 15) is 4.79 Å².